The van der Waals surface area contributed by atoms with Crippen molar-refractivity contribution in [2.24, 2.45) is 0 Å². The molecule has 150 valence electrons. The number of pyridine rings is 1. The van der Waals surface area contributed by atoms with Gasteiger partial charge in [0.25, 0.3) is 5.56 Å². The Balaban J connectivity index is 2.70. The van der Waals surface area contributed by atoms with Crippen LogP contribution in [0.2, 0.25) is 0 Å². The Morgan fingerprint density at radius 2 is 1.68 bits per heavy atom. The summed E-state index contributed by atoms with van der Waals surface area (Å²) < 4.78 is 81.0. The van der Waals surface area contributed by atoms with Crippen LogP contribution in [0.5, 0.6) is 0 Å². The lowest BCUT2D eigenvalue weighted by Gasteiger charge is -2.21. The summed E-state index contributed by atoms with van der Waals surface area (Å²) in [6.45, 7) is 1.52. The van der Waals surface area contributed by atoms with Crippen LogP contribution in [-0.4, -0.2) is 12.4 Å². The fourth-order valence-electron chi connectivity index (χ4n) is 3.00. The van der Waals surface area contributed by atoms with E-state index in [1.165, 1.54) is 24.3 Å². The predicted molar refractivity (Wildman–Crippen MR) is 94.9 cm³/mol. The molecule has 2 nitrogen and oxygen atoms in total. The highest BCUT2D eigenvalue weighted by Crippen LogP contribution is 2.36. The van der Waals surface area contributed by atoms with Gasteiger partial charge in [0.15, 0.2) is 0 Å². The van der Waals surface area contributed by atoms with E-state index in [9.17, 15) is 31.1 Å². The molecule has 0 aliphatic heterocycles. The van der Waals surface area contributed by atoms with Gasteiger partial charge in [0.2, 0.25) is 0 Å². The van der Waals surface area contributed by atoms with Crippen molar-refractivity contribution < 1.29 is 26.3 Å². The Kier molecular flexibility index (Phi) is 6.67. The fourth-order valence-corrected chi connectivity index (χ4v) is 3.00. The first-order valence-electron chi connectivity index (χ1n) is 8.70. The summed E-state index contributed by atoms with van der Waals surface area (Å²) in [4.78, 5) is 12.7. The van der Waals surface area contributed by atoms with Crippen molar-refractivity contribution >= 4 is 13.3 Å². The molecule has 2 rings (SSSR count). The summed E-state index contributed by atoms with van der Waals surface area (Å²) in [7, 11) is 5.61. The molecule has 0 aliphatic carbocycles. The number of alkyl halides is 6. The first kappa shape index (κ1) is 22.1. The zero-order valence-electron chi connectivity index (χ0n) is 15.1. The molecule has 0 saturated carbocycles. The molecule has 0 spiro atoms. The Bertz CT molecular complexity index is 885. The number of halogens is 6. The maximum Gasteiger partial charge on any atom is 0.431 e. The van der Waals surface area contributed by atoms with Crippen molar-refractivity contribution in [3.05, 3.63) is 63.1 Å². The zero-order valence-corrected chi connectivity index (χ0v) is 15.1. The van der Waals surface area contributed by atoms with Crippen molar-refractivity contribution in [3.8, 4) is 0 Å². The number of nitrogens with zero attached hydrogens (tertiary/aromatic N) is 1. The second-order valence-electron chi connectivity index (χ2n) is 6.50. The van der Waals surface area contributed by atoms with E-state index in [-0.39, 0.29) is 24.5 Å². The van der Waals surface area contributed by atoms with Crippen LogP contribution in [0.3, 0.4) is 0 Å². The van der Waals surface area contributed by atoms with Crippen molar-refractivity contribution in [1.29, 1.82) is 0 Å². The van der Waals surface area contributed by atoms with Crippen molar-refractivity contribution in [2.45, 2.75) is 51.5 Å². The van der Waals surface area contributed by atoms with E-state index in [0.717, 1.165) is 0 Å². The SMILES string of the molecule is [B]c1cccc(Cc2c(C(F)(F)F)cc(C(F)(F)F)n(CCCCC)c2=O)c1. The highest BCUT2D eigenvalue weighted by molar-refractivity contribution is 6.32. The average Bonchev–Trinajstić information content (AvgIpc) is 2.56. The third-order valence-corrected chi connectivity index (χ3v) is 4.31. The quantitative estimate of drug-likeness (QED) is 0.398. The predicted octanol–water partition coefficient (Wildman–Crippen LogP) is 4.46. The van der Waals surface area contributed by atoms with Gasteiger partial charge in [0.1, 0.15) is 13.5 Å². The third kappa shape index (κ3) is 5.20. The molecule has 0 aliphatic rings. The van der Waals surface area contributed by atoms with Crippen molar-refractivity contribution in [2.75, 3.05) is 0 Å². The minimum absolute atomic E-state index is 0.0367. The maximum absolute atomic E-state index is 13.5. The Labute approximate surface area is 159 Å². The molecule has 0 N–H and O–H groups in total. The van der Waals surface area contributed by atoms with Gasteiger partial charge in [0.05, 0.1) is 5.56 Å². The third-order valence-electron chi connectivity index (χ3n) is 4.31. The fraction of sp³-hybridized carbons (Fsp3) is 0.421. The summed E-state index contributed by atoms with van der Waals surface area (Å²) in [6, 6.07) is 5.91. The van der Waals surface area contributed by atoms with Gasteiger partial charge in [-0.2, -0.15) is 26.3 Å². The second-order valence-corrected chi connectivity index (χ2v) is 6.50. The van der Waals surface area contributed by atoms with E-state index in [1.54, 1.807) is 0 Å². The molecule has 1 heterocycles. The monoisotopic (exact) mass is 401 g/mol. The summed E-state index contributed by atoms with van der Waals surface area (Å²) in [5.74, 6) is 0. The van der Waals surface area contributed by atoms with Crippen LogP contribution in [0.4, 0.5) is 26.3 Å². The van der Waals surface area contributed by atoms with Crippen LogP contribution in [0.1, 0.15) is 48.6 Å². The summed E-state index contributed by atoms with van der Waals surface area (Å²) in [5, 5.41) is 0. The van der Waals surface area contributed by atoms with Crippen molar-refractivity contribution in [3.63, 3.8) is 0 Å². The summed E-state index contributed by atoms with van der Waals surface area (Å²) in [6.07, 6.45) is -9.16. The average molecular weight is 401 g/mol. The number of rotatable bonds is 6. The van der Waals surface area contributed by atoms with E-state index >= 15 is 0 Å². The van der Waals surface area contributed by atoms with E-state index < -0.39 is 41.2 Å². The molecule has 0 saturated heterocycles. The number of benzene rings is 1. The van der Waals surface area contributed by atoms with Gasteiger partial charge in [-0.25, -0.2) is 0 Å². The molecule has 28 heavy (non-hydrogen) atoms. The van der Waals surface area contributed by atoms with Crippen LogP contribution in [-0.2, 0) is 25.3 Å². The number of hydrogen-bond acceptors (Lipinski definition) is 1. The normalized spacial score (nSPS) is 12.4. The van der Waals surface area contributed by atoms with E-state index in [0.29, 0.717) is 23.0 Å². The second kappa shape index (κ2) is 8.45. The first-order chi connectivity index (χ1) is 12.9. The minimum atomic E-state index is -5.10. The molecule has 2 aromatic rings. The zero-order chi connectivity index (χ0) is 21.1. The molecule has 0 fully saturated rings. The highest BCUT2D eigenvalue weighted by Gasteiger charge is 2.41. The molecule has 0 atom stereocenters. The van der Waals surface area contributed by atoms with Gasteiger partial charge in [0, 0.05) is 18.5 Å². The molecule has 0 amide bonds. The highest BCUT2D eigenvalue weighted by atomic mass is 19.4. The van der Waals surface area contributed by atoms with Crippen LogP contribution in [0.25, 0.3) is 0 Å². The lowest BCUT2D eigenvalue weighted by molar-refractivity contribution is -0.148. The molecule has 1 aromatic heterocycles. The van der Waals surface area contributed by atoms with E-state index in [2.05, 4.69) is 0 Å². The molecule has 9 heteroatoms. The maximum atomic E-state index is 13.5. The Morgan fingerprint density at radius 1 is 1.00 bits per heavy atom. The topological polar surface area (TPSA) is 22.0 Å². The molecule has 1 aromatic carbocycles. The Hall–Kier alpha value is -2.19. The molecular formula is C19H18BF6NO. The minimum Gasteiger partial charge on any atom is -0.304 e. The van der Waals surface area contributed by atoms with Gasteiger partial charge < -0.3 is 4.57 Å². The lowest BCUT2D eigenvalue weighted by Crippen LogP contribution is -2.34. The number of hydrogen-bond donors (Lipinski definition) is 0. The lowest BCUT2D eigenvalue weighted by atomic mass is 9.92. The van der Waals surface area contributed by atoms with Crippen molar-refractivity contribution in [1.82, 2.24) is 4.57 Å². The van der Waals surface area contributed by atoms with E-state index in [1.807, 2.05) is 6.92 Å². The first-order valence-corrected chi connectivity index (χ1v) is 8.70. The summed E-state index contributed by atoms with van der Waals surface area (Å²) >= 11 is 0. The van der Waals surface area contributed by atoms with E-state index in [4.69, 9.17) is 7.85 Å². The van der Waals surface area contributed by atoms with Crippen LogP contribution >= 0.6 is 0 Å². The standard InChI is InChI=1S/C19H18BF6NO/c1-2-3-4-8-27-16(19(24,25)26)11-15(18(21,22)23)14(17(27)28)10-12-6-5-7-13(20)9-12/h5-7,9,11H,2-4,8,10H2,1H3. The molecule has 2 radical (unpaired) electrons. The van der Waals surface area contributed by atoms with Gasteiger partial charge in [-0.15, -0.1) is 0 Å². The smallest absolute Gasteiger partial charge is 0.304 e. The van der Waals surface area contributed by atoms with Gasteiger partial charge in [-0.05, 0) is 18.1 Å². The van der Waals surface area contributed by atoms with Crippen LogP contribution in [0, 0.1) is 0 Å². The van der Waals surface area contributed by atoms with Gasteiger partial charge in [-0.1, -0.05) is 49.5 Å². The molecule has 0 bridgehead atoms. The largest absolute Gasteiger partial charge is 0.431 e. The summed E-state index contributed by atoms with van der Waals surface area (Å²) in [5.41, 5.74) is -4.57. The Morgan fingerprint density at radius 3 is 2.21 bits per heavy atom. The van der Waals surface area contributed by atoms with Gasteiger partial charge >= 0.3 is 12.4 Å². The number of unbranched alkanes of at least 4 members (excludes halogenated alkanes) is 2. The molecular weight excluding hydrogens is 383 g/mol. The van der Waals surface area contributed by atoms with Crippen LogP contribution < -0.4 is 11.0 Å². The van der Waals surface area contributed by atoms with Crippen LogP contribution in [0.15, 0.2) is 35.1 Å². The number of aromatic nitrogens is 1. The molecule has 0 unspecified atom stereocenters. The van der Waals surface area contributed by atoms with Gasteiger partial charge in [-0.3, -0.25) is 4.79 Å².